The van der Waals surface area contributed by atoms with Crippen molar-refractivity contribution >= 4 is 6.03 Å². The van der Waals surface area contributed by atoms with Gasteiger partial charge in [0.25, 0.3) is 0 Å². The highest BCUT2D eigenvalue weighted by atomic mass is 16.2. The summed E-state index contributed by atoms with van der Waals surface area (Å²) in [5.41, 5.74) is 0. The van der Waals surface area contributed by atoms with Crippen LogP contribution in [0.1, 0.15) is 0 Å². The number of nitrogens with one attached hydrogen (secondary N) is 1. The third-order valence-electron chi connectivity index (χ3n) is 1.80. The summed E-state index contributed by atoms with van der Waals surface area (Å²) in [5.74, 6) is 0. The largest absolute Gasteiger partial charge is 0.333 e. The van der Waals surface area contributed by atoms with Gasteiger partial charge < -0.3 is 15.1 Å². The predicted octanol–water partition coefficient (Wildman–Crippen LogP) is -0.428. The number of urea groups is 1. The summed E-state index contributed by atoms with van der Waals surface area (Å²) in [4.78, 5) is 14.8. The molecule has 1 rings (SSSR count). The van der Waals surface area contributed by atoms with Gasteiger partial charge in [-0.3, -0.25) is 0 Å². The Hall–Kier alpha value is -0.770. The summed E-state index contributed by atoms with van der Waals surface area (Å²) in [6.45, 7) is 1.94. The maximum Gasteiger partial charge on any atom is 0.317 e. The topological polar surface area (TPSA) is 35.6 Å². The van der Waals surface area contributed by atoms with E-state index in [1.54, 1.807) is 19.0 Å². The van der Waals surface area contributed by atoms with Crippen LogP contribution in [0.3, 0.4) is 0 Å². The highest BCUT2D eigenvalue weighted by Gasteiger charge is 2.24. The lowest BCUT2D eigenvalue weighted by molar-refractivity contribution is 0.153. The molecule has 0 atom stereocenters. The summed E-state index contributed by atoms with van der Waals surface area (Å²) < 4.78 is 0. The van der Waals surface area contributed by atoms with E-state index >= 15 is 0 Å². The number of hydrogen-bond donors (Lipinski definition) is 1. The smallest absolute Gasteiger partial charge is 0.317 e. The van der Waals surface area contributed by atoms with E-state index in [9.17, 15) is 4.79 Å². The number of likely N-dealkylation sites (N-methyl/N-ethyl adjacent to an activating group) is 1. The van der Waals surface area contributed by atoms with Gasteiger partial charge >= 0.3 is 6.03 Å². The summed E-state index contributed by atoms with van der Waals surface area (Å²) in [5, 5.41) is 2.89. The number of likely N-dealkylation sites (tertiary alicyclic amines) is 1. The molecule has 64 valence electrons. The number of carbonyl (C=O) groups is 1. The monoisotopic (exact) mass is 157 g/mol. The van der Waals surface area contributed by atoms with Crippen LogP contribution in [-0.4, -0.2) is 56.1 Å². The van der Waals surface area contributed by atoms with Crippen molar-refractivity contribution in [3.8, 4) is 0 Å². The van der Waals surface area contributed by atoms with E-state index in [4.69, 9.17) is 0 Å². The summed E-state index contributed by atoms with van der Waals surface area (Å²) in [7, 11) is 5.54. The second-order valence-electron chi connectivity index (χ2n) is 3.26. The number of amides is 2. The van der Waals surface area contributed by atoms with E-state index in [0.29, 0.717) is 6.04 Å². The Morgan fingerprint density at radius 3 is 2.45 bits per heavy atom. The van der Waals surface area contributed by atoms with Gasteiger partial charge in [-0.05, 0) is 7.05 Å². The van der Waals surface area contributed by atoms with Crippen molar-refractivity contribution in [1.29, 1.82) is 0 Å². The van der Waals surface area contributed by atoms with E-state index in [0.717, 1.165) is 13.1 Å². The van der Waals surface area contributed by atoms with Crippen LogP contribution in [0, 0.1) is 0 Å². The van der Waals surface area contributed by atoms with Crippen LogP contribution in [0.25, 0.3) is 0 Å². The van der Waals surface area contributed by atoms with Crippen LogP contribution in [0.2, 0.25) is 0 Å². The van der Waals surface area contributed by atoms with Crippen LogP contribution < -0.4 is 5.32 Å². The quantitative estimate of drug-likeness (QED) is 0.560. The predicted molar refractivity (Wildman–Crippen MR) is 43.5 cm³/mol. The Balaban J connectivity index is 2.17. The Labute approximate surface area is 67.2 Å². The summed E-state index contributed by atoms with van der Waals surface area (Å²) in [6.07, 6.45) is 0. The van der Waals surface area contributed by atoms with E-state index < -0.39 is 0 Å². The molecule has 0 radical (unpaired) electrons. The van der Waals surface area contributed by atoms with Crippen molar-refractivity contribution in [3.63, 3.8) is 0 Å². The second kappa shape index (κ2) is 3.09. The third kappa shape index (κ3) is 2.08. The molecule has 0 spiro atoms. The molecule has 4 heteroatoms. The molecule has 1 aliphatic heterocycles. The van der Waals surface area contributed by atoms with Gasteiger partial charge in [-0.1, -0.05) is 0 Å². The molecule has 0 aromatic heterocycles. The fourth-order valence-corrected chi connectivity index (χ4v) is 1.09. The fraction of sp³-hybridized carbons (Fsp3) is 0.857. The lowest BCUT2D eigenvalue weighted by Crippen LogP contribution is -2.59. The Kier molecular flexibility index (Phi) is 2.34. The van der Waals surface area contributed by atoms with Crippen molar-refractivity contribution in [1.82, 2.24) is 15.1 Å². The van der Waals surface area contributed by atoms with Gasteiger partial charge in [-0.2, -0.15) is 0 Å². The van der Waals surface area contributed by atoms with Gasteiger partial charge in [0.05, 0.1) is 6.04 Å². The van der Waals surface area contributed by atoms with Crippen molar-refractivity contribution in [2.45, 2.75) is 6.04 Å². The minimum absolute atomic E-state index is 0.00287. The van der Waals surface area contributed by atoms with E-state index in [1.807, 2.05) is 7.05 Å². The minimum atomic E-state index is 0.00287. The lowest BCUT2D eigenvalue weighted by atomic mass is 10.1. The maximum absolute atomic E-state index is 11.0. The van der Waals surface area contributed by atoms with E-state index in [1.165, 1.54) is 0 Å². The highest BCUT2D eigenvalue weighted by Crippen LogP contribution is 2.03. The number of nitrogens with zero attached hydrogens (tertiary/aromatic N) is 2. The van der Waals surface area contributed by atoms with Crippen LogP contribution in [0.5, 0.6) is 0 Å². The van der Waals surface area contributed by atoms with Gasteiger partial charge in [0, 0.05) is 27.2 Å². The zero-order chi connectivity index (χ0) is 8.43. The number of carbonyl (C=O) groups excluding carboxylic acids is 1. The molecule has 0 aromatic carbocycles. The molecule has 0 bridgehead atoms. The average molecular weight is 157 g/mol. The van der Waals surface area contributed by atoms with Crippen molar-refractivity contribution < 1.29 is 4.79 Å². The molecular weight excluding hydrogens is 142 g/mol. The molecule has 0 aromatic rings. The van der Waals surface area contributed by atoms with E-state index in [2.05, 4.69) is 10.2 Å². The minimum Gasteiger partial charge on any atom is -0.333 e. The average Bonchev–Trinajstić information content (AvgIpc) is 1.84. The molecule has 2 amide bonds. The SMILES string of the molecule is CN1CC(NC(=O)N(C)C)C1. The van der Waals surface area contributed by atoms with Crippen molar-refractivity contribution in [2.75, 3.05) is 34.2 Å². The molecule has 4 nitrogen and oxygen atoms in total. The number of hydrogen-bond acceptors (Lipinski definition) is 2. The van der Waals surface area contributed by atoms with Gasteiger partial charge in [0.2, 0.25) is 0 Å². The molecule has 1 N–H and O–H groups in total. The van der Waals surface area contributed by atoms with Gasteiger partial charge in [0.15, 0.2) is 0 Å². The van der Waals surface area contributed by atoms with Crippen LogP contribution >= 0.6 is 0 Å². The highest BCUT2D eigenvalue weighted by molar-refractivity contribution is 5.74. The van der Waals surface area contributed by atoms with Crippen molar-refractivity contribution in [2.24, 2.45) is 0 Å². The Morgan fingerprint density at radius 2 is 2.09 bits per heavy atom. The van der Waals surface area contributed by atoms with Crippen LogP contribution in [0.4, 0.5) is 4.79 Å². The Morgan fingerprint density at radius 1 is 1.55 bits per heavy atom. The zero-order valence-electron chi connectivity index (χ0n) is 7.29. The van der Waals surface area contributed by atoms with Gasteiger partial charge in [-0.25, -0.2) is 4.79 Å². The first-order chi connectivity index (χ1) is 5.09. The molecule has 1 saturated heterocycles. The molecule has 11 heavy (non-hydrogen) atoms. The first-order valence-corrected chi connectivity index (χ1v) is 3.76. The summed E-state index contributed by atoms with van der Waals surface area (Å²) >= 11 is 0. The summed E-state index contributed by atoms with van der Waals surface area (Å²) in [6, 6.07) is 0.359. The first-order valence-electron chi connectivity index (χ1n) is 3.76. The standard InChI is InChI=1S/C7H15N3O/c1-9(2)7(11)8-6-4-10(3)5-6/h6H,4-5H2,1-3H3,(H,8,11). The molecule has 0 saturated carbocycles. The first kappa shape index (κ1) is 8.33. The molecular formula is C7H15N3O. The molecule has 0 unspecified atom stereocenters. The molecule has 1 fully saturated rings. The van der Waals surface area contributed by atoms with E-state index in [-0.39, 0.29) is 6.03 Å². The van der Waals surface area contributed by atoms with Crippen molar-refractivity contribution in [3.05, 3.63) is 0 Å². The molecule has 1 aliphatic rings. The van der Waals surface area contributed by atoms with Gasteiger partial charge in [0.1, 0.15) is 0 Å². The maximum atomic E-state index is 11.0. The van der Waals surface area contributed by atoms with Crippen LogP contribution in [0.15, 0.2) is 0 Å². The molecule has 1 heterocycles. The second-order valence-corrected chi connectivity index (χ2v) is 3.26. The Bertz CT molecular complexity index is 152. The lowest BCUT2D eigenvalue weighted by Gasteiger charge is -2.37. The zero-order valence-corrected chi connectivity index (χ0v) is 7.29. The number of rotatable bonds is 1. The normalized spacial score (nSPS) is 19.2. The fourth-order valence-electron chi connectivity index (χ4n) is 1.09. The van der Waals surface area contributed by atoms with Gasteiger partial charge in [-0.15, -0.1) is 0 Å². The van der Waals surface area contributed by atoms with Crippen LogP contribution in [-0.2, 0) is 0 Å². The molecule has 0 aliphatic carbocycles. The third-order valence-corrected chi connectivity index (χ3v) is 1.80.